The average molecular weight is 360 g/mol. The van der Waals surface area contributed by atoms with Gasteiger partial charge in [-0.05, 0) is 12.5 Å². The highest BCUT2D eigenvalue weighted by Crippen LogP contribution is 2.35. The Balaban J connectivity index is 2.12. The highest BCUT2D eigenvalue weighted by Gasteiger charge is 2.11. The molecule has 1 heterocycles. The second kappa shape index (κ2) is 5.89. The number of halogens is 1. The summed E-state index contributed by atoms with van der Waals surface area (Å²) in [6, 6.07) is 4.78. The summed E-state index contributed by atoms with van der Waals surface area (Å²) in [6.45, 7) is 1.92. The molecule has 0 unspecified atom stereocenters. The summed E-state index contributed by atoms with van der Waals surface area (Å²) in [4.78, 5) is 14.4. The van der Waals surface area contributed by atoms with E-state index in [1.54, 1.807) is 17.8 Å². The van der Waals surface area contributed by atoms with Crippen LogP contribution in [-0.2, 0) is 5.75 Å². The summed E-state index contributed by atoms with van der Waals surface area (Å²) >= 11 is 6.44. The van der Waals surface area contributed by atoms with Crippen LogP contribution in [0.2, 0.25) is 0 Å². The lowest BCUT2D eigenvalue weighted by Gasteiger charge is -2.03. The first-order valence-electron chi connectivity index (χ1n) is 5.26. The molecule has 0 aliphatic rings. The van der Waals surface area contributed by atoms with E-state index in [1.165, 1.54) is 23.5 Å². The van der Waals surface area contributed by atoms with Crippen molar-refractivity contribution in [3.05, 3.63) is 44.0 Å². The van der Waals surface area contributed by atoms with Crippen LogP contribution in [0.15, 0.2) is 26.9 Å². The van der Waals surface area contributed by atoms with Crippen molar-refractivity contribution in [1.82, 2.24) is 4.98 Å². The predicted molar refractivity (Wildman–Crippen MR) is 81.6 cm³/mol. The van der Waals surface area contributed by atoms with Gasteiger partial charge in [-0.1, -0.05) is 33.3 Å². The molecule has 0 radical (unpaired) electrons. The minimum absolute atomic E-state index is 0.0823. The molecule has 0 aliphatic heterocycles. The van der Waals surface area contributed by atoms with Gasteiger partial charge in [-0.3, -0.25) is 10.1 Å². The van der Waals surface area contributed by atoms with Crippen molar-refractivity contribution in [2.45, 2.75) is 16.9 Å². The zero-order valence-corrected chi connectivity index (χ0v) is 13.1. The Morgan fingerprint density at radius 1 is 1.58 bits per heavy atom. The number of rotatable bonds is 4. The van der Waals surface area contributed by atoms with Crippen LogP contribution in [0.25, 0.3) is 0 Å². The number of aryl methyl sites for hydroxylation is 1. The van der Waals surface area contributed by atoms with E-state index in [0.717, 1.165) is 19.9 Å². The SMILES string of the molecule is Cc1nc(N)sc1SCc1ccc([N+](=O)[O-])cc1Br. The third-order valence-corrected chi connectivity index (χ3v) is 5.51. The van der Waals surface area contributed by atoms with Crippen molar-refractivity contribution in [1.29, 1.82) is 0 Å². The third-order valence-electron chi connectivity index (χ3n) is 2.38. The molecule has 19 heavy (non-hydrogen) atoms. The molecule has 8 heteroatoms. The molecule has 0 fully saturated rings. The minimum atomic E-state index is -0.407. The molecule has 0 spiro atoms. The molecule has 5 nitrogen and oxygen atoms in total. The van der Waals surface area contributed by atoms with Crippen LogP contribution >= 0.6 is 39.0 Å². The molecule has 0 saturated carbocycles. The van der Waals surface area contributed by atoms with Crippen LogP contribution in [0.3, 0.4) is 0 Å². The minimum Gasteiger partial charge on any atom is -0.375 e. The number of non-ortho nitro benzene ring substituents is 1. The van der Waals surface area contributed by atoms with E-state index in [4.69, 9.17) is 5.73 Å². The topological polar surface area (TPSA) is 82.0 Å². The maximum atomic E-state index is 10.7. The fourth-order valence-electron chi connectivity index (χ4n) is 1.45. The van der Waals surface area contributed by atoms with Crippen LogP contribution < -0.4 is 5.73 Å². The van der Waals surface area contributed by atoms with Gasteiger partial charge in [0, 0.05) is 22.4 Å². The van der Waals surface area contributed by atoms with Gasteiger partial charge in [0.25, 0.3) is 5.69 Å². The second-order valence-electron chi connectivity index (χ2n) is 3.75. The van der Waals surface area contributed by atoms with Gasteiger partial charge >= 0.3 is 0 Å². The number of nitro groups is 1. The number of nitro benzene ring substituents is 1. The molecule has 2 aromatic rings. The Labute approximate surface area is 126 Å². The number of nitrogens with two attached hydrogens (primary N) is 1. The highest BCUT2D eigenvalue weighted by atomic mass is 79.9. The smallest absolute Gasteiger partial charge is 0.270 e. The number of aromatic nitrogens is 1. The lowest BCUT2D eigenvalue weighted by molar-refractivity contribution is -0.384. The normalized spacial score (nSPS) is 10.6. The molecule has 2 N–H and O–H groups in total. The van der Waals surface area contributed by atoms with Gasteiger partial charge in [0.05, 0.1) is 14.8 Å². The number of anilines is 1. The van der Waals surface area contributed by atoms with E-state index >= 15 is 0 Å². The molecule has 0 amide bonds. The lowest BCUT2D eigenvalue weighted by atomic mass is 10.2. The number of nitrogen functional groups attached to an aromatic ring is 1. The summed E-state index contributed by atoms with van der Waals surface area (Å²) in [7, 11) is 0. The van der Waals surface area contributed by atoms with Crippen molar-refractivity contribution in [2.24, 2.45) is 0 Å². The van der Waals surface area contributed by atoms with Crippen LogP contribution in [-0.4, -0.2) is 9.91 Å². The maximum Gasteiger partial charge on any atom is 0.270 e. The monoisotopic (exact) mass is 359 g/mol. The molecule has 0 aliphatic carbocycles. The Bertz CT molecular complexity index is 630. The molecule has 0 atom stereocenters. The zero-order chi connectivity index (χ0) is 14.0. The van der Waals surface area contributed by atoms with Crippen LogP contribution in [0, 0.1) is 17.0 Å². The van der Waals surface area contributed by atoms with E-state index in [0.29, 0.717) is 10.9 Å². The first-order chi connectivity index (χ1) is 8.97. The summed E-state index contributed by atoms with van der Waals surface area (Å²) in [5.74, 6) is 0.709. The quantitative estimate of drug-likeness (QED) is 0.506. The largest absolute Gasteiger partial charge is 0.375 e. The van der Waals surface area contributed by atoms with E-state index in [9.17, 15) is 10.1 Å². The van der Waals surface area contributed by atoms with Gasteiger partial charge in [-0.15, -0.1) is 11.8 Å². The van der Waals surface area contributed by atoms with Gasteiger partial charge < -0.3 is 5.73 Å². The van der Waals surface area contributed by atoms with Gasteiger partial charge in [-0.25, -0.2) is 4.98 Å². The van der Waals surface area contributed by atoms with Crippen LogP contribution in [0.1, 0.15) is 11.3 Å². The molecule has 1 aromatic heterocycles. The van der Waals surface area contributed by atoms with Crippen molar-refractivity contribution in [3.8, 4) is 0 Å². The van der Waals surface area contributed by atoms with Crippen molar-refractivity contribution in [3.63, 3.8) is 0 Å². The number of nitrogens with zero attached hydrogens (tertiary/aromatic N) is 2. The van der Waals surface area contributed by atoms with Gasteiger partial charge in [0.15, 0.2) is 5.13 Å². The number of benzene rings is 1. The fourth-order valence-corrected chi connectivity index (χ4v) is 4.17. The predicted octanol–water partition coefficient (Wildman–Crippen LogP) is 4.00. The number of hydrogen-bond acceptors (Lipinski definition) is 6. The first-order valence-corrected chi connectivity index (χ1v) is 7.85. The maximum absolute atomic E-state index is 10.7. The van der Waals surface area contributed by atoms with Crippen molar-refractivity contribution in [2.75, 3.05) is 5.73 Å². The lowest BCUT2D eigenvalue weighted by Crippen LogP contribution is -1.90. The molecular weight excluding hydrogens is 350 g/mol. The Morgan fingerprint density at radius 3 is 2.84 bits per heavy atom. The van der Waals surface area contributed by atoms with Gasteiger partial charge in [0.1, 0.15) is 0 Å². The van der Waals surface area contributed by atoms with E-state index < -0.39 is 4.92 Å². The number of hydrogen-bond donors (Lipinski definition) is 1. The zero-order valence-electron chi connectivity index (χ0n) is 9.92. The first kappa shape index (κ1) is 14.3. The average Bonchev–Trinajstić information content (AvgIpc) is 2.66. The Kier molecular flexibility index (Phi) is 4.43. The van der Waals surface area contributed by atoms with Crippen LogP contribution in [0.5, 0.6) is 0 Å². The summed E-state index contributed by atoms with van der Waals surface area (Å²) in [6.07, 6.45) is 0. The fraction of sp³-hybridized carbons (Fsp3) is 0.182. The molecular formula is C11H10BrN3O2S2. The second-order valence-corrected chi connectivity index (χ2v) is 6.88. The summed E-state index contributed by atoms with van der Waals surface area (Å²) in [5, 5.41) is 11.2. The van der Waals surface area contributed by atoms with Gasteiger partial charge in [0.2, 0.25) is 0 Å². The molecule has 1 aromatic carbocycles. The summed E-state index contributed by atoms with van der Waals surface area (Å²) < 4.78 is 1.81. The molecule has 100 valence electrons. The van der Waals surface area contributed by atoms with Crippen molar-refractivity contribution < 1.29 is 4.92 Å². The number of thiazole rings is 1. The highest BCUT2D eigenvalue weighted by molar-refractivity contribution is 9.10. The van der Waals surface area contributed by atoms with E-state index in [1.807, 2.05) is 6.92 Å². The van der Waals surface area contributed by atoms with Gasteiger partial charge in [-0.2, -0.15) is 0 Å². The Morgan fingerprint density at radius 2 is 2.32 bits per heavy atom. The van der Waals surface area contributed by atoms with E-state index in [2.05, 4.69) is 20.9 Å². The molecule has 0 saturated heterocycles. The Hall–Kier alpha value is -1.12. The molecule has 0 bridgehead atoms. The third kappa shape index (κ3) is 3.46. The molecule has 2 rings (SSSR count). The van der Waals surface area contributed by atoms with E-state index in [-0.39, 0.29) is 5.69 Å². The van der Waals surface area contributed by atoms with Crippen LogP contribution in [0.4, 0.5) is 10.8 Å². The number of thioether (sulfide) groups is 1. The van der Waals surface area contributed by atoms with Crippen molar-refractivity contribution >= 4 is 49.8 Å². The standard InChI is InChI=1S/C11H10BrN3O2S2/c1-6-10(19-11(13)14-6)18-5-7-2-3-8(15(16)17)4-9(7)12/h2-4H,5H2,1H3,(H2,13,14). The summed E-state index contributed by atoms with van der Waals surface area (Å²) in [5.41, 5.74) is 7.65.